The molecule has 0 aromatic heterocycles. The second kappa shape index (κ2) is 8.06. The maximum absolute atomic E-state index is 5.82. The van der Waals surface area contributed by atoms with Crippen LogP contribution in [0.2, 0.25) is 0 Å². The average Bonchev–Trinajstić information content (AvgIpc) is 2.22. The van der Waals surface area contributed by atoms with Crippen molar-refractivity contribution in [3.05, 3.63) is 0 Å². The third kappa shape index (κ3) is 9.57. The molecule has 3 nitrogen and oxygen atoms in total. The van der Waals surface area contributed by atoms with Crippen LogP contribution >= 0.6 is 0 Å². The van der Waals surface area contributed by atoms with Crippen LogP contribution in [-0.4, -0.2) is 40.1 Å². The van der Waals surface area contributed by atoms with Gasteiger partial charge in [-0.3, -0.25) is 0 Å². The van der Waals surface area contributed by atoms with Gasteiger partial charge in [-0.05, 0) is 18.8 Å². The van der Waals surface area contributed by atoms with Gasteiger partial charge in [-0.1, -0.05) is 27.7 Å². The van der Waals surface area contributed by atoms with Crippen LogP contribution in [0.5, 0.6) is 0 Å². The fraction of sp³-hybridized carbons (Fsp3) is 1.00. The summed E-state index contributed by atoms with van der Waals surface area (Å²) in [6, 6.07) is 0. The summed E-state index contributed by atoms with van der Waals surface area (Å²) in [5, 5.41) is 0. The van der Waals surface area contributed by atoms with Crippen molar-refractivity contribution in [1.82, 2.24) is 0 Å². The van der Waals surface area contributed by atoms with Crippen molar-refractivity contribution in [3.8, 4) is 0 Å². The van der Waals surface area contributed by atoms with Crippen molar-refractivity contribution >= 4 is 0 Å². The molecule has 0 saturated carbocycles. The molecule has 0 spiro atoms. The lowest BCUT2D eigenvalue weighted by atomic mass is 9.89. The highest BCUT2D eigenvalue weighted by Gasteiger charge is 2.25. The highest BCUT2D eigenvalue weighted by atomic mass is 16.5. The fourth-order valence-corrected chi connectivity index (χ4v) is 1.49. The molecular formula is C14H30O3. The van der Waals surface area contributed by atoms with Crippen molar-refractivity contribution in [3.63, 3.8) is 0 Å². The average molecular weight is 246 g/mol. The molecule has 1 atom stereocenters. The minimum absolute atomic E-state index is 0.0528. The van der Waals surface area contributed by atoms with E-state index in [4.69, 9.17) is 14.2 Å². The Morgan fingerprint density at radius 1 is 0.882 bits per heavy atom. The van der Waals surface area contributed by atoms with Crippen molar-refractivity contribution in [1.29, 1.82) is 0 Å². The molecule has 0 fully saturated rings. The summed E-state index contributed by atoms with van der Waals surface area (Å²) in [6.07, 6.45) is 0.966. The maximum Gasteiger partial charge on any atom is 0.0542 e. The first-order valence-electron chi connectivity index (χ1n) is 6.47. The highest BCUT2D eigenvalue weighted by molar-refractivity contribution is 4.74. The van der Waals surface area contributed by atoms with Gasteiger partial charge in [-0.15, -0.1) is 0 Å². The molecule has 1 unspecified atom stereocenters. The molecule has 0 amide bonds. The molecule has 0 bridgehead atoms. The molecule has 0 aliphatic rings. The SMILES string of the molecule is CCOCC(C)(CCOC)COCC(C)(C)C. The Morgan fingerprint density at radius 2 is 1.47 bits per heavy atom. The van der Waals surface area contributed by atoms with Crippen LogP contribution in [0.15, 0.2) is 0 Å². The van der Waals surface area contributed by atoms with E-state index >= 15 is 0 Å². The lowest BCUT2D eigenvalue weighted by Gasteiger charge is -2.30. The summed E-state index contributed by atoms with van der Waals surface area (Å²) in [6.45, 7) is 14.5. The first-order chi connectivity index (χ1) is 7.83. The molecule has 0 aliphatic heterocycles. The van der Waals surface area contributed by atoms with Crippen LogP contribution in [0.3, 0.4) is 0 Å². The van der Waals surface area contributed by atoms with Crippen LogP contribution in [-0.2, 0) is 14.2 Å². The summed E-state index contributed by atoms with van der Waals surface area (Å²) in [5.74, 6) is 0. The normalized spacial score (nSPS) is 15.9. The second-order valence-electron chi connectivity index (χ2n) is 6.24. The van der Waals surface area contributed by atoms with Crippen molar-refractivity contribution in [2.24, 2.45) is 10.8 Å². The highest BCUT2D eigenvalue weighted by Crippen LogP contribution is 2.24. The smallest absolute Gasteiger partial charge is 0.0542 e. The van der Waals surface area contributed by atoms with E-state index in [0.717, 1.165) is 39.5 Å². The van der Waals surface area contributed by atoms with Crippen LogP contribution in [0.25, 0.3) is 0 Å². The molecule has 17 heavy (non-hydrogen) atoms. The number of rotatable bonds is 9. The van der Waals surface area contributed by atoms with E-state index < -0.39 is 0 Å². The topological polar surface area (TPSA) is 27.7 Å². The van der Waals surface area contributed by atoms with Gasteiger partial charge >= 0.3 is 0 Å². The van der Waals surface area contributed by atoms with E-state index in [1.807, 2.05) is 6.92 Å². The molecule has 0 rings (SSSR count). The predicted octanol–water partition coefficient (Wildman–Crippen LogP) is 3.13. The van der Waals surface area contributed by atoms with E-state index in [-0.39, 0.29) is 10.8 Å². The summed E-state index contributed by atoms with van der Waals surface area (Å²) < 4.78 is 16.5. The Labute approximate surface area is 107 Å². The van der Waals surface area contributed by atoms with Crippen molar-refractivity contribution in [2.45, 2.75) is 41.0 Å². The number of ether oxygens (including phenoxy) is 3. The van der Waals surface area contributed by atoms with Gasteiger partial charge in [-0.25, -0.2) is 0 Å². The molecule has 0 heterocycles. The van der Waals surface area contributed by atoms with Crippen LogP contribution in [0.4, 0.5) is 0 Å². The second-order valence-corrected chi connectivity index (χ2v) is 6.24. The quantitative estimate of drug-likeness (QED) is 0.625. The lowest BCUT2D eigenvalue weighted by Crippen LogP contribution is -2.32. The maximum atomic E-state index is 5.82. The van der Waals surface area contributed by atoms with Gasteiger partial charge in [0.1, 0.15) is 0 Å². The molecule has 0 aromatic rings. The van der Waals surface area contributed by atoms with E-state index in [2.05, 4.69) is 27.7 Å². The van der Waals surface area contributed by atoms with Crippen molar-refractivity contribution < 1.29 is 14.2 Å². The minimum atomic E-state index is 0.0528. The zero-order valence-corrected chi connectivity index (χ0v) is 12.5. The van der Waals surface area contributed by atoms with E-state index in [1.54, 1.807) is 7.11 Å². The molecule has 0 aliphatic carbocycles. The zero-order valence-electron chi connectivity index (χ0n) is 12.5. The Hall–Kier alpha value is -0.120. The third-order valence-corrected chi connectivity index (χ3v) is 2.55. The van der Waals surface area contributed by atoms with Crippen LogP contribution < -0.4 is 0 Å². The summed E-state index contributed by atoms with van der Waals surface area (Å²) in [4.78, 5) is 0. The van der Waals surface area contributed by atoms with E-state index in [0.29, 0.717) is 0 Å². The summed E-state index contributed by atoms with van der Waals surface area (Å²) >= 11 is 0. The van der Waals surface area contributed by atoms with Gasteiger partial charge in [0, 0.05) is 25.7 Å². The number of hydrogen-bond donors (Lipinski definition) is 0. The van der Waals surface area contributed by atoms with Gasteiger partial charge in [0.05, 0.1) is 19.8 Å². The lowest BCUT2D eigenvalue weighted by molar-refractivity contribution is -0.0402. The molecule has 0 aromatic carbocycles. The zero-order chi connectivity index (χ0) is 13.4. The van der Waals surface area contributed by atoms with E-state index in [1.165, 1.54) is 0 Å². The molecule has 0 saturated heterocycles. The van der Waals surface area contributed by atoms with Gasteiger partial charge in [0.15, 0.2) is 0 Å². The minimum Gasteiger partial charge on any atom is -0.385 e. The third-order valence-electron chi connectivity index (χ3n) is 2.55. The van der Waals surface area contributed by atoms with Gasteiger partial charge in [-0.2, -0.15) is 0 Å². The monoisotopic (exact) mass is 246 g/mol. The molecule has 104 valence electrons. The first-order valence-corrected chi connectivity index (χ1v) is 6.47. The molecule has 0 N–H and O–H groups in total. The van der Waals surface area contributed by atoms with Crippen molar-refractivity contribution in [2.75, 3.05) is 40.1 Å². The standard InChI is InChI=1S/C14H30O3/c1-7-16-11-14(5,8-9-15-6)12-17-10-13(2,3)4/h7-12H2,1-6H3. The Morgan fingerprint density at radius 3 is 1.94 bits per heavy atom. The van der Waals surface area contributed by atoms with Gasteiger partial charge < -0.3 is 14.2 Å². The Balaban J connectivity index is 4.08. The predicted molar refractivity (Wildman–Crippen MR) is 71.4 cm³/mol. The molecular weight excluding hydrogens is 216 g/mol. The Kier molecular flexibility index (Phi) is 8.01. The molecule has 3 heteroatoms. The summed E-state index contributed by atoms with van der Waals surface area (Å²) in [7, 11) is 1.73. The molecule has 0 radical (unpaired) electrons. The fourth-order valence-electron chi connectivity index (χ4n) is 1.49. The first kappa shape index (κ1) is 16.9. The summed E-state index contributed by atoms with van der Waals surface area (Å²) in [5.41, 5.74) is 0.269. The number of methoxy groups -OCH3 is 1. The van der Waals surface area contributed by atoms with E-state index in [9.17, 15) is 0 Å². The van der Waals surface area contributed by atoms with Crippen LogP contribution in [0.1, 0.15) is 41.0 Å². The largest absolute Gasteiger partial charge is 0.385 e. The van der Waals surface area contributed by atoms with Crippen LogP contribution in [0, 0.1) is 10.8 Å². The Bertz CT molecular complexity index is 176. The number of hydrogen-bond acceptors (Lipinski definition) is 3. The van der Waals surface area contributed by atoms with Gasteiger partial charge in [0.25, 0.3) is 0 Å². The van der Waals surface area contributed by atoms with Gasteiger partial charge in [0.2, 0.25) is 0 Å².